The van der Waals surface area contributed by atoms with Crippen LogP contribution >= 0.6 is 0 Å². The predicted octanol–water partition coefficient (Wildman–Crippen LogP) is 3.39. The molecule has 6 nitrogen and oxygen atoms in total. The summed E-state index contributed by atoms with van der Waals surface area (Å²) in [6.07, 6.45) is 2.71. The van der Waals surface area contributed by atoms with Gasteiger partial charge in [0, 0.05) is 50.2 Å². The molecule has 1 aliphatic rings. The zero-order valence-corrected chi connectivity index (χ0v) is 17.4. The van der Waals surface area contributed by atoms with E-state index in [-0.39, 0.29) is 23.8 Å². The average molecular weight is 403 g/mol. The molecule has 0 bridgehead atoms. The fourth-order valence-electron chi connectivity index (χ4n) is 3.81. The van der Waals surface area contributed by atoms with Crippen LogP contribution in [0.2, 0.25) is 0 Å². The summed E-state index contributed by atoms with van der Waals surface area (Å²) < 4.78 is 24.7. The second-order valence-electron chi connectivity index (χ2n) is 7.67. The van der Waals surface area contributed by atoms with E-state index in [9.17, 15) is 9.18 Å². The molecule has 0 unspecified atom stereocenters. The number of carbonyl (C=O) groups is 1. The highest BCUT2D eigenvalue weighted by atomic mass is 19.1. The number of hydrogen-bond acceptors (Lipinski definition) is 5. The Hall–Kier alpha value is -2.25. The van der Waals surface area contributed by atoms with E-state index in [1.165, 1.54) is 12.1 Å². The summed E-state index contributed by atoms with van der Waals surface area (Å²) >= 11 is 0. The summed E-state index contributed by atoms with van der Waals surface area (Å²) in [6, 6.07) is 6.16. The molecule has 0 radical (unpaired) electrons. The summed E-state index contributed by atoms with van der Waals surface area (Å²) in [7, 11) is 1.63. The molecule has 1 amide bonds. The number of ether oxygens (including phenoxy) is 2. The number of nitrogens with one attached hydrogen (secondary N) is 1. The summed E-state index contributed by atoms with van der Waals surface area (Å²) in [6.45, 7) is 6.78. The summed E-state index contributed by atoms with van der Waals surface area (Å²) in [5.74, 6) is -0.0155. The van der Waals surface area contributed by atoms with E-state index in [1.807, 2.05) is 18.7 Å². The van der Waals surface area contributed by atoms with Crippen molar-refractivity contribution in [3.05, 3.63) is 35.8 Å². The first kappa shape index (κ1) is 21.5. The minimum absolute atomic E-state index is 0.0455. The number of piperidine rings is 1. The topological polar surface area (TPSA) is 63.7 Å². The van der Waals surface area contributed by atoms with Gasteiger partial charge in [-0.15, -0.1) is 0 Å². The minimum Gasteiger partial charge on any atom is -0.493 e. The van der Waals surface area contributed by atoms with Crippen LogP contribution in [0.1, 0.15) is 43.6 Å². The first-order chi connectivity index (χ1) is 14.0. The van der Waals surface area contributed by atoms with Gasteiger partial charge in [0.1, 0.15) is 17.3 Å². The Kier molecular flexibility index (Phi) is 7.39. The molecule has 0 aliphatic carbocycles. The highest BCUT2D eigenvalue weighted by molar-refractivity contribution is 5.97. The van der Waals surface area contributed by atoms with Crippen molar-refractivity contribution in [2.24, 2.45) is 0 Å². The third-order valence-corrected chi connectivity index (χ3v) is 5.16. The van der Waals surface area contributed by atoms with E-state index in [0.717, 1.165) is 25.9 Å². The van der Waals surface area contributed by atoms with Crippen molar-refractivity contribution < 1.29 is 18.7 Å². The number of pyridine rings is 1. The zero-order valence-electron chi connectivity index (χ0n) is 17.4. The van der Waals surface area contributed by atoms with Gasteiger partial charge in [0.15, 0.2) is 0 Å². The molecule has 29 heavy (non-hydrogen) atoms. The van der Waals surface area contributed by atoms with Crippen molar-refractivity contribution in [3.8, 4) is 5.75 Å². The summed E-state index contributed by atoms with van der Waals surface area (Å²) in [5, 5.41) is 3.94. The van der Waals surface area contributed by atoms with Crippen LogP contribution in [0, 0.1) is 5.82 Å². The molecule has 158 valence electrons. The lowest BCUT2D eigenvalue weighted by Crippen LogP contribution is -2.51. The summed E-state index contributed by atoms with van der Waals surface area (Å²) in [5.41, 5.74) is 0.870. The molecule has 1 aliphatic heterocycles. The number of aromatic nitrogens is 1. The normalized spacial score (nSPS) is 16.9. The lowest BCUT2D eigenvalue weighted by Gasteiger charge is -2.37. The molecule has 2 aromatic rings. The van der Waals surface area contributed by atoms with Crippen LogP contribution in [-0.2, 0) is 4.74 Å². The van der Waals surface area contributed by atoms with E-state index in [2.05, 4.69) is 10.3 Å². The molecule has 7 heteroatoms. The number of nitrogens with zero attached hydrogens (tertiary/aromatic N) is 2. The second-order valence-corrected chi connectivity index (χ2v) is 7.67. The zero-order chi connectivity index (χ0) is 20.8. The quantitative estimate of drug-likeness (QED) is 0.685. The second kappa shape index (κ2) is 9.98. The smallest absolute Gasteiger partial charge is 0.273 e. The van der Waals surface area contributed by atoms with Crippen LogP contribution in [0.5, 0.6) is 5.75 Å². The van der Waals surface area contributed by atoms with Crippen LogP contribution in [0.3, 0.4) is 0 Å². The molecule has 1 aromatic carbocycles. The monoisotopic (exact) mass is 403 g/mol. The van der Waals surface area contributed by atoms with Gasteiger partial charge in [-0.05, 0) is 51.4 Å². The van der Waals surface area contributed by atoms with Crippen LogP contribution in [0.15, 0.2) is 24.3 Å². The van der Waals surface area contributed by atoms with E-state index >= 15 is 0 Å². The van der Waals surface area contributed by atoms with Crippen LogP contribution < -0.4 is 10.1 Å². The lowest BCUT2D eigenvalue weighted by atomic mass is 10.0. The van der Waals surface area contributed by atoms with Crippen LogP contribution in [-0.4, -0.2) is 61.3 Å². The third-order valence-electron chi connectivity index (χ3n) is 5.16. The summed E-state index contributed by atoms with van der Waals surface area (Å²) in [4.78, 5) is 19.8. The predicted molar refractivity (Wildman–Crippen MR) is 111 cm³/mol. The maximum atomic E-state index is 13.8. The molecular formula is C22H30FN3O3. The van der Waals surface area contributed by atoms with E-state index in [0.29, 0.717) is 42.0 Å². The number of amides is 1. The van der Waals surface area contributed by atoms with Crippen molar-refractivity contribution in [2.75, 3.05) is 33.4 Å². The molecule has 0 spiro atoms. The van der Waals surface area contributed by atoms with Crippen molar-refractivity contribution >= 4 is 16.8 Å². The molecular weight excluding hydrogens is 373 g/mol. The third kappa shape index (κ3) is 5.22. The Bertz CT molecular complexity index is 837. The Morgan fingerprint density at radius 2 is 2.17 bits per heavy atom. The van der Waals surface area contributed by atoms with Crippen molar-refractivity contribution in [3.63, 3.8) is 0 Å². The van der Waals surface area contributed by atoms with E-state index in [1.54, 1.807) is 19.2 Å². The average Bonchev–Trinajstić information content (AvgIpc) is 2.71. The number of fused-ring (bicyclic) bond motifs is 1. The highest BCUT2D eigenvalue weighted by Gasteiger charge is 2.29. The standard InChI is InChI=1S/C22H30FN3O3/c1-15(2)26(17-6-4-9-24-14-17)22(27)20-13-21(29-11-5-10-28-3)18-12-16(23)7-8-19(18)25-20/h7-8,12-13,15,17,24H,4-6,9-11,14H2,1-3H3/t17-/m1/s1. The van der Waals surface area contributed by atoms with Gasteiger partial charge in [0.05, 0.1) is 12.1 Å². The Morgan fingerprint density at radius 3 is 2.86 bits per heavy atom. The van der Waals surface area contributed by atoms with Crippen molar-refractivity contribution in [1.29, 1.82) is 0 Å². The van der Waals surface area contributed by atoms with Crippen molar-refractivity contribution in [1.82, 2.24) is 15.2 Å². The number of halogens is 1. The molecule has 0 saturated carbocycles. The van der Waals surface area contributed by atoms with Crippen LogP contribution in [0.4, 0.5) is 4.39 Å². The molecule has 1 atom stereocenters. The number of rotatable bonds is 8. The fraction of sp³-hybridized carbons (Fsp3) is 0.545. The molecule has 1 fully saturated rings. The van der Waals surface area contributed by atoms with E-state index in [4.69, 9.17) is 9.47 Å². The lowest BCUT2D eigenvalue weighted by molar-refractivity contribution is 0.0567. The van der Waals surface area contributed by atoms with Crippen molar-refractivity contribution in [2.45, 2.75) is 45.2 Å². The number of carbonyl (C=O) groups excluding carboxylic acids is 1. The van der Waals surface area contributed by atoms with Gasteiger partial charge in [-0.3, -0.25) is 4.79 Å². The Morgan fingerprint density at radius 1 is 1.34 bits per heavy atom. The van der Waals surface area contributed by atoms with Crippen LogP contribution in [0.25, 0.3) is 10.9 Å². The van der Waals surface area contributed by atoms with Gasteiger partial charge in [-0.1, -0.05) is 0 Å². The maximum Gasteiger partial charge on any atom is 0.273 e. The van der Waals surface area contributed by atoms with Gasteiger partial charge in [0.25, 0.3) is 5.91 Å². The van der Waals surface area contributed by atoms with Gasteiger partial charge >= 0.3 is 0 Å². The van der Waals surface area contributed by atoms with Gasteiger partial charge in [-0.25, -0.2) is 9.37 Å². The number of hydrogen-bond donors (Lipinski definition) is 1. The molecule has 1 N–H and O–H groups in total. The van der Waals surface area contributed by atoms with E-state index < -0.39 is 0 Å². The van der Waals surface area contributed by atoms with Gasteiger partial charge in [-0.2, -0.15) is 0 Å². The molecule has 1 saturated heterocycles. The molecule has 2 heterocycles. The maximum absolute atomic E-state index is 13.8. The fourth-order valence-corrected chi connectivity index (χ4v) is 3.81. The minimum atomic E-state index is -0.364. The number of methoxy groups -OCH3 is 1. The SMILES string of the molecule is COCCCOc1cc(C(=O)N(C(C)C)[C@@H]2CCCNC2)nc2ccc(F)cc12. The van der Waals surface area contributed by atoms with Gasteiger partial charge in [0.2, 0.25) is 0 Å². The molecule has 3 rings (SSSR count). The Labute approximate surface area is 171 Å². The first-order valence-corrected chi connectivity index (χ1v) is 10.3. The Balaban J connectivity index is 1.94. The first-order valence-electron chi connectivity index (χ1n) is 10.3. The highest BCUT2D eigenvalue weighted by Crippen LogP contribution is 2.28. The largest absolute Gasteiger partial charge is 0.493 e. The van der Waals surface area contributed by atoms with Gasteiger partial charge < -0.3 is 19.7 Å². The number of benzene rings is 1. The molecule has 1 aromatic heterocycles.